The van der Waals surface area contributed by atoms with Crippen LogP contribution in [-0.2, 0) is 14.8 Å². The number of carbonyl (C=O) groups excluding carboxylic acids is 1. The van der Waals surface area contributed by atoms with Gasteiger partial charge in [-0.3, -0.25) is 4.79 Å². The quantitative estimate of drug-likeness (QED) is 0.672. The van der Waals surface area contributed by atoms with Crippen molar-refractivity contribution >= 4 is 46.4 Å². The van der Waals surface area contributed by atoms with Gasteiger partial charge in [0, 0.05) is 31.9 Å². The van der Waals surface area contributed by atoms with Crippen molar-refractivity contribution in [3.8, 4) is 0 Å². The average molecular weight is 439 g/mol. The number of anilines is 1. The molecule has 1 aliphatic heterocycles. The summed E-state index contributed by atoms with van der Waals surface area (Å²) in [6, 6.07) is 6.49. The maximum Gasteiger partial charge on any atom is 0.243 e. The highest BCUT2D eigenvalue weighted by Gasteiger charge is 2.27. The minimum Gasteiger partial charge on any atom is -0.325 e. The Morgan fingerprint density at radius 1 is 1.15 bits per heavy atom. The Balaban J connectivity index is 0.00000182. The van der Waals surface area contributed by atoms with Crippen molar-refractivity contribution in [1.82, 2.24) is 14.5 Å². The van der Waals surface area contributed by atoms with Crippen molar-refractivity contribution in [2.24, 2.45) is 5.92 Å². The average Bonchev–Trinajstić information content (AvgIpc) is 3.40. The van der Waals surface area contributed by atoms with E-state index < -0.39 is 10.0 Å². The van der Waals surface area contributed by atoms with E-state index in [0.717, 1.165) is 19.6 Å². The van der Waals surface area contributed by atoms with Crippen molar-refractivity contribution in [2.75, 3.05) is 51.6 Å². The summed E-state index contributed by atoms with van der Waals surface area (Å²) in [5, 5.41) is 5.89. The first-order valence-corrected chi connectivity index (χ1v) is 10.2. The van der Waals surface area contributed by atoms with Gasteiger partial charge in [0.05, 0.1) is 11.4 Å². The molecule has 7 nitrogen and oxygen atoms in total. The number of benzene rings is 1. The molecule has 1 amide bonds. The van der Waals surface area contributed by atoms with Gasteiger partial charge >= 0.3 is 0 Å². The summed E-state index contributed by atoms with van der Waals surface area (Å²) in [5.74, 6) is 0.555. The number of halogens is 2. The van der Waals surface area contributed by atoms with E-state index >= 15 is 0 Å². The van der Waals surface area contributed by atoms with Gasteiger partial charge in [-0.2, -0.15) is 4.31 Å². The summed E-state index contributed by atoms with van der Waals surface area (Å²) in [5.41, 5.74) is 0.508. The van der Waals surface area contributed by atoms with Gasteiger partial charge in [-0.05, 0) is 50.6 Å². The van der Waals surface area contributed by atoms with Gasteiger partial charge in [0.25, 0.3) is 0 Å². The Morgan fingerprint density at radius 2 is 1.81 bits per heavy atom. The number of likely N-dealkylation sites (N-methyl/N-ethyl adjacent to an activating group) is 1. The molecule has 0 radical (unpaired) electrons. The Morgan fingerprint density at radius 3 is 2.44 bits per heavy atom. The van der Waals surface area contributed by atoms with Gasteiger partial charge < -0.3 is 15.5 Å². The Hall–Kier alpha value is -0.900. The van der Waals surface area contributed by atoms with Crippen LogP contribution in [0, 0.1) is 5.92 Å². The fraction of sp³-hybridized carbons (Fsp3) is 0.588. The van der Waals surface area contributed by atoms with Crippen molar-refractivity contribution in [3.05, 3.63) is 24.3 Å². The third kappa shape index (κ3) is 6.89. The van der Waals surface area contributed by atoms with Gasteiger partial charge in [-0.1, -0.05) is 6.07 Å². The lowest BCUT2D eigenvalue weighted by molar-refractivity contribution is -0.115. The van der Waals surface area contributed by atoms with E-state index in [9.17, 15) is 13.2 Å². The number of carbonyl (C=O) groups is 1. The van der Waals surface area contributed by atoms with E-state index in [0.29, 0.717) is 24.7 Å². The van der Waals surface area contributed by atoms with Gasteiger partial charge in [-0.25, -0.2) is 8.42 Å². The molecule has 0 aromatic heterocycles. The van der Waals surface area contributed by atoms with Crippen LogP contribution in [0.25, 0.3) is 0 Å². The minimum atomic E-state index is -3.52. The first kappa shape index (κ1) is 24.1. The molecule has 0 unspecified atom stereocenters. The van der Waals surface area contributed by atoms with Crippen LogP contribution in [-0.4, -0.2) is 69.8 Å². The van der Waals surface area contributed by atoms with E-state index in [2.05, 4.69) is 15.5 Å². The molecule has 1 saturated heterocycles. The Kier molecular flexibility index (Phi) is 9.47. The molecule has 2 N–H and O–H groups in total. The second-order valence-corrected chi connectivity index (χ2v) is 8.80. The number of piperazine rings is 1. The summed E-state index contributed by atoms with van der Waals surface area (Å²) in [6.45, 7) is 3.53. The highest BCUT2D eigenvalue weighted by atomic mass is 35.5. The maximum absolute atomic E-state index is 12.8. The molecule has 2 aliphatic rings. The molecule has 0 atom stereocenters. The molecule has 1 heterocycles. The third-order valence-corrected chi connectivity index (χ3v) is 6.53. The SMILES string of the molecule is CN1CCN(S(=O)(=O)c2cccc(NC(=O)CNCC3CC3)c2)CC1.Cl.Cl. The van der Waals surface area contributed by atoms with Crippen molar-refractivity contribution in [1.29, 1.82) is 0 Å². The van der Waals surface area contributed by atoms with E-state index in [1.54, 1.807) is 18.2 Å². The van der Waals surface area contributed by atoms with E-state index in [4.69, 9.17) is 0 Å². The summed E-state index contributed by atoms with van der Waals surface area (Å²) < 4.78 is 27.0. The number of amides is 1. The standard InChI is InChI=1S/C17H26N4O3S.2ClH/c1-20-7-9-21(10-8-20)25(23,24)16-4-2-3-15(11-16)19-17(22)13-18-12-14-5-6-14;;/h2-4,11,14,18H,5-10,12-13H2,1H3,(H,19,22);2*1H. The molecule has 0 spiro atoms. The zero-order chi connectivity index (χ0) is 17.9. The van der Waals surface area contributed by atoms with Crippen molar-refractivity contribution in [3.63, 3.8) is 0 Å². The number of nitrogens with zero attached hydrogens (tertiary/aromatic N) is 2. The Bertz CT molecular complexity index is 721. The van der Waals surface area contributed by atoms with Crippen LogP contribution in [0.3, 0.4) is 0 Å². The lowest BCUT2D eigenvalue weighted by Gasteiger charge is -2.31. The predicted octanol–water partition coefficient (Wildman–Crippen LogP) is 1.40. The molecule has 27 heavy (non-hydrogen) atoms. The van der Waals surface area contributed by atoms with Gasteiger partial charge in [0.1, 0.15) is 0 Å². The normalized spacial score (nSPS) is 18.3. The second kappa shape index (κ2) is 10.6. The van der Waals surface area contributed by atoms with Gasteiger partial charge in [0.15, 0.2) is 0 Å². The van der Waals surface area contributed by atoms with Gasteiger partial charge in [-0.15, -0.1) is 24.8 Å². The minimum absolute atomic E-state index is 0. The molecule has 1 aromatic carbocycles. The molecule has 1 aliphatic carbocycles. The Labute approximate surface area is 173 Å². The molecule has 1 aromatic rings. The molecular weight excluding hydrogens is 411 g/mol. The molecule has 3 rings (SSSR count). The smallest absolute Gasteiger partial charge is 0.243 e. The topological polar surface area (TPSA) is 81.8 Å². The van der Waals surface area contributed by atoms with E-state index in [1.165, 1.54) is 23.2 Å². The van der Waals surface area contributed by atoms with Crippen LogP contribution < -0.4 is 10.6 Å². The number of nitrogens with one attached hydrogen (secondary N) is 2. The van der Waals surface area contributed by atoms with Crippen LogP contribution in [0.1, 0.15) is 12.8 Å². The largest absolute Gasteiger partial charge is 0.325 e. The summed E-state index contributed by atoms with van der Waals surface area (Å²) in [4.78, 5) is 14.3. The highest BCUT2D eigenvalue weighted by molar-refractivity contribution is 7.89. The lowest BCUT2D eigenvalue weighted by Crippen LogP contribution is -2.47. The fourth-order valence-corrected chi connectivity index (χ4v) is 4.30. The van der Waals surface area contributed by atoms with Crippen molar-refractivity contribution < 1.29 is 13.2 Å². The maximum atomic E-state index is 12.8. The lowest BCUT2D eigenvalue weighted by atomic mass is 10.3. The predicted molar refractivity (Wildman–Crippen MR) is 111 cm³/mol. The molecule has 10 heteroatoms. The molecular formula is C17H28Cl2N4O3S. The summed E-state index contributed by atoms with van der Waals surface area (Å²) >= 11 is 0. The van der Waals surface area contributed by atoms with E-state index in [-0.39, 0.29) is 42.2 Å². The highest BCUT2D eigenvalue weighted by Crippen LogP contribution is 2.27. The molecule has 0 bridgehead atoms. The van der Waals surface area contributed by atoms with Crippen LogP contribution >= 0.6 is 24.8 Å². The third-order valence-electron chi connectivity index (χ3n) is 4.63. The number of hydrogen-bond donors (Lipinski definition) is 2. The fourth-order valence-electron chi connectivity index (χ4n) is 2.83. The van der Waals surface area contributed by atoms with Crippen LogP contribution in [0.4, 0.5) is 5.69 Å². The number of sulfonamides is 1. The zero-order valence-electron chi connectivity index (χ0n) is 15.4. The summed E-state index contributed by atoms with van der Waals surface area (Å²) in [6.07, 6.45) is 2.47. The number of rotatable bonds is 7. The molecule has 2 fully saturated rings. The second-order valence-electron chi connectivity index (χ2n) is 6.86. The van der Waals surface area contributed by atoms with Gasteiger partial charge in [0.2, 0.25) is 15.9 Å². The van der Waals surface area contributed by atoms with Crippen LogP contribution in [0.15, 0.2) is 29.2 Å². The molecule has 154 valence electrons. The monoisotopic (exact) mass is 438 g/mol. The van der Waals surface area contributed by atoms with Crippen LogP contribution in [0.2, 0.25) is 0 Å². The first-order valence-electron chi connectivity index (χ1n) is 8.74. The summed E-state index contributed by atoms with van der Waals surface area (Å²) in [7, 11) is -1.54. The zero-order valence-corrected chi connectivity index (χ0v) is 17.8. The number of hydrogen-bond acceptors (Lipinski definition) is 5. The van der Waals surface area contributed by atoms with Crippen LogP contribution in [0.5, 0.6) is 0 Å². The van der Waals surface area contributed by atoms with Crippen molar-refractivity contribution in [2.45, 2.75) is 17.7 Å². The van der Waals surface area contributed by atoms with E-state index in [1.807, 2.05) is 7.05 Å². The molecule has 1 saturated carbocycles. The first-order chi connectivity index (χ1) is 11.9.